The third-order valence-electron chi connectivity index (χ3n) is 5.71. The fourth-order valence-corrected chi connectivity index (χ4v) is 3.81. The largest absolute Gasteiger partial charge is 0.444 e. The van der Waals surface area contributed by atoms with Crippen molar-refractivity contribution >= 4 is 17.7 Å². The second kappa shape index (κ2) is 9.53. The Bertz CT molecular complexity index is 806. The standard InChI is InChI=1S/C23H33FN2O5/c1-23(2,3)31-22(29)26-13-16(30-4)12-19(26)21(28)25-18-11-14(5-9-17(18)24)6-10-20(27)15-7-8-15/h5,9,11,15-16,19-20,27H,6-8,10,12-13H2,1-4H3,(H,25,28)/t16-,19-,20+/m1/s1. The minimum absolute atomic E-state index is 0.0633. The zero-order valence-electron chi connectivity index (χ0n) is 18.7. The van der Waals surface area contributed by atoms with Crippen LogP contribution in [0.1, 0.15) is 52.0 Å². The summed E-state index contributed by atoms with van der Waals surface area (Å²) < 4.78 is 25.1. The summed E-state index contributed by atoms with van der Waals surface area (Å²) in [6.45, 7) is 5.49. The Morgan fingerprint density at radius 2 is 2.03 bits per heavy atom. The number of likely N-dealkylation sites (tertiary alicyclic amines) is 1. The zero-order chi connectivity index (χ0) is 22.8. The lowest BCUT2D eigenvalue weighted by Crippen LogP contribution is -2.45. The van der Waals surface area contributed by atoms with E-state index in [2.05, 4.69) is 5.32 Å². The Morgan fingerprint density at radius 1 is 1.32 bits per heavy atom. The van der Waals surface area contributed by atoms with Gasteiger partial charge in [0.2, 0.25) is 5.91 Å². The van der Waals surface area contributed by atoms with Crippen LogP contribution in [0.15, 0.2) is 18.2 Å². The number of aliphatic hydroxyl groups excluding tert-OH is 1. The molecule has 2 fully saturated rings. The van der Waals surface area contributed by atoms with Crippen molar-refractivity contribution in [3.63, 3.8) is 0 Å². The minimum Gasteiger partial charge on any atom is -0.444 e. The van der Waals surface area contributed by atoms with Crippen LogP contribution in [0.5, 0.6) is 0 Å². The zero-order valence-corrected chi connectivity index (χ0v) is 18.7. The van der Waals surface area contributed by atoms with Gasteiger partial charge in [0.05, 0.1) is 24.4 Å². The van der Waals surface area contributed by atoms with Crippen LogP contribution >= 0.6 is 0 Å². The van der Waals surface area contributed by atoms with Gasteiger partial charge < -0.3 is 19.9 Å². The molecule has 1 aliphatic carbocycles. The van der Waals surface area contributed by atoms with Crippen molar-refractivity contribution in [3.05, 3.63) is 29.6 Å². The molecule has 0 unspecified atom stereocenters. The molecule has 8 heteroatoms. The predicted molar refractivity (Wildman–Crippen MR) is 114 cm³/mol. The van der Waals surface area contributed by atoms with Gasteiger partial charge in [0, 0.05) is 13.5 Å². The van der Waals surface area contributed by atoms with E-state index in [4.69, 9.17) is 9.47 Å². The average Bonchev–Trinajstić information content (AvgIpc) is 3.45. The molecule has 0 radical (unpaired) electrons. The number of aryl methyl sites for hydroxylation is 1. The highest BCUT2D eigenvalue weighted by Crippen LogP contribution is 2.34. The number of halogens is 1. The van der Waals surface area contributed by atoms with Gasteiger partial charge in [-0.25, -0.2) is 9.18 Å². The number of rotatable bonds is 7. The normalized spacial score (nSPS) is 22.3. The van der Waals surface area contributed by atoms with E-state index < -0.39 is 29.5 Å². The summed E-state index contributed by atoms with van der Waals surface area (Å²) in [4.78, 5) is 26.9. The molecule has 1 aromatic rings. The Balaban J connectivity index is 1.68. The van der Waals surface area contributed by atoms with Crippen LogP contribution in [0.3, 0.4) is 0 Å². The Kier molecular flexibility index (Phi) is 7.21. The van der Waals surface area contributed by atoms with Crippen molar-refractivity contribution in [2.24, 2.45) is 5.92 Å². The van der Waals surface area contributed by atoms with E-state index in [0.717, 1.165) is 18.4 Å². The molecule has 2 amide bonds. The number of carbonyl (C=O) groups is 2. The third-order valence-corrected chi connectivity index (χ3v) is 5.71. The fourth-order valence-electron chi connectivity index (χ4n) is 3.81. The average molecular weight is 437 g/mol. The van der Waals surface area contributed by atoms with E-state index >= 15 is 0 Å². The lowest BCUT2D eigenvalue weighted by molar-refractivity contribution is -0.120. The van der Waals surface area contributed by atoms with Gasteiger partial charge >= 0.3 is 6.09 Å². The molecule has 2 N–H and O–H groups in total. The maximum absolute atomic E-state index is 14.4. The third kappa shape index (κ3) is 6.40. The molecule has 1 aromatic carbocycles. The molecule has 1 heterocycles. The summed E-state index contributed by atoms with van der Waals surface area (Å²) in [6, 6.07) is 3.74. The number of hydrogen-bond acceptors (Lipinski definition) is 5. The lowest BCUT2D eigenvalue weighted by atomic mass is 10.0. The number of nitrogens with one attached hydrogen (secondary N) is 1. The highest BCUT2D eigenvalue weighted by atomic mass is 19.1. The number of methoxy groups -OCH3 is 1. The Hall–Kier alpha value is -2.19. The molecule has 1 saturated carbocycles. The summed E-state index contributed by atoms with van der Waals surface area (Å²) >= 11 is 0. The van der Waals surface area contributed by atoms with Crippen molar-refractivity contribution in [3.8, 4) is 0 Å². The van der Waals surface area contributed by atoms with Crippen molar-refractivity contribution in [2.45, 2.75) is 76.7 Å². The minimum atomic E-state index is -0.820. The predicted octanol–water partition coefficient (Wildman–Crippen LogP) is 3.49. The molecule has 0 aromatic heterocycles. The highest BCUT2D eigenvalue weighted by molar-refractivity contribution is 5.97. The van der Waals surface area contributed by atoms with E-state index in [1.807, 2.05) is 0 Å². The van der Waals surface area contributed by atoms with Gasteiger partial charge in [0.1, 0.15) is 17.5 Å². The number of aliphatic hydroxyl groups is 1. The summed E-state index contributed by atoms with van der Waals surface area (Å²) in [6.07, 6.45) is 2.38. The van der Waals surface area contributed by atoms with Gasteiger partial charge in [0.25, 0.3) is 0 Å². The second-order valence-corrected chi connectivity index (χ2v) is 9.49. The molecule has 0 spiro atoms. The van der Waals surface area contributed by atoms with Gasteiger partial charge in [-0.05, 0) is 70.1 Å². The smallest absolute Gasteiger partial charge is 0.411 e. The van der Waals surface area contributed by atoms with Crippen molar-refractivity contribution in [2.75, 3.05) is 19.0 Å². The van der Waals surface area contributed by atoms with Gasteiger partial charge in [0.15, 0.2) is 0 Å². The first kappa shape index (κ1) is 23.5. The topological polar surface area (TPSA) is 88.1 Å². The van der Waals surface area contributed by atoms with Gasteiger partial charge in [-0.15, -0.1) is 0 Å². The summed E-state index contributed by atoms with van der Waals surface area (Å²) in [5.74, 6) is -0.654. The first-order chi connectivity index (χ1) is 14.6. The molecule has 2 aliphatic rings. The summed E-state index contributed by atoms with van der Waals surface area (Å²) in [7, 11) is 1.53. The molecule has 3 rings (SSSR count). The molecule has 7 nitrogen and oxygen atoms in total. The maximum Gasteiger partial charge on any atom is 0.411 e. The molecular formula is C23H33FN2O5. The number of benzene rings is 1. The molecule has 0 bridgehead atoms. The molecule has 3 atom stereocenters. The summed E-state index contributed by atoms with van der Waals surface area (Å²) in [5.41, 5.74) is 0.198. The molecular weight excluding hydrogens is 403 g/mol. The van der Waals surface area contributed by atoms with E-state index in [0.29, 0.717) is 25.2 Å². The monoisotopic (exact) mass is 436 g/mol. The summed E-state index contributed by atoms with van der Waals surface area (Å²) in [5, 5.41) is 12.7. The van der Waals surface area contributed by atoms with E-state index in [1.165, 1.54) is 18.1 Å². The van der Waals surface area contributed by atoms with Gasteiger partial charge in [-0.2, -0.15) is 0 Å². The van der Waals surface area contributed by atoms with Crippen LogP contribution < -0.4 is 5.32 Å². The molecule has 1 saturated heterocycles. The number of anilines is 1. The van der Waals surface area contributed by atoms with Gasteiger partial charge in [-0.3, -0.25) is 9.69 Å². The van der Waals surface area contributed by atoms with Gasteiger partial charge in [-0.1, -0.05) is 6.07 Å². The number of hydrogen-bond donors (Lipinski definition) is 2. The van der Waals surface area contributed by atoms with Crippen LogP contribution in [-0.2, 0) is 20.7 Å². The maximum atomic E-state index is 14.4. The first-order valence-corrected chi connectivity index (χ1v) is 10.9. The van der Waals surface area contributed by atoms with E-state index in [1.54, 1.807) is 32.9 Å². The molecule has 172 valence electrons. The molecule has 1 aliphatic heterocycles. The van der Waals surface area contributed by atoms with Crippen LogP contribution in [0.4, 0.5) is 14.9 Å². The fraction of sp³-hybridized carbons (Fsp3) is 0.652. The Labute approximate surface area is 182 Å². The number of nitrogens with zero attached hydrogens (tertiary/aromatic N) is 1. The van der Waals surface area contributed by atoms with Crippen LogP contribution in [0.25, 0.3) is 0 Å². The van der Waals surface area contributed by atoms with Crippen LogP contribution in [-0.4, -0.2) is 59.5 Å². The van der Waals surface area contributed by atoms with Crippen molar-refractivity contribution < 1.29 is 28.6 Å². The van der Waals surface area contributed by atoms with E-state index in [9.17, 15) is 19.1 Å². The Morgan fingerprint density at radius 3 is 2.65 bits per heavy atom. The SMILES string of the molecule is CO[C@@H]1C[C@H](C(=O)Nc2cc(CC[C@H](O)C3CC3)ccc2F)N(C(=O)OC(C)(C)C)C1. The lowest BCUT2D eigenvalue weighted by Gasteiger charge is -2.28. The van der Waals surface area contributed by atoms with Crippen molar-refractivity contribution in [1.82, 2.24) is 4.90 Å². The van der Waals surface area contributed by atoms with Crippen LogP contribution in [0.2, 0.25) is 0 Å². The second-order valence-electron chi connectivity index (χ2n) is 9.49. The quantitative estimate of drug-likeness (QED) is 0.683. The highest BCUT2D eigenvalue weighted by Gasteiger charge is 2.42. The first-order valence-electron chi connectivity index (χ1n) is 10.9. The van der Waals surface area contributed by atoms with Crippen LogP contribution in [0, 0.1) is 11.7 Å². The molecule has 31 heavy (non-hydrogen) atoms. The number of amides is 2. The van der Waals surface area contributed by atoms with E-state index in [-0.39, 0.29) is 24.4 Å². The number of ether oxygens (including phenoxy) is 2. The van der Waals surface area contributed by atoms with Crippen molar-refractivity contribution in [1.29, 1.82) is 0 Å². The number of carbonyl (C=O) groups excluding carboxylic acids is 2.